The summed E-state index contributed by atoms with van der Waals surface area (Å²) in [5.74, 6) is 1.49. The highest BCUT2D eigenvalue weighted by molar-refractivity contribution is 5.90. The fraction of sp³-hybridized carbons (Fsp3) is 0.480. The number of rotatable bonds is 4. The maximum absolute atomic E-state index is 13.7. The Hall–Kier alpha value is -2.93. The van der Waals surface area contributed by atoms with Crippen molar-refractivity contribution in [2.75, 3.05) is 31.1 Å². The predicted molar refractivity (Wildman–Crippen MR) is 127 cm³/mol. The van der Waals surface area contributed by atoms with Crippen LogP contribution in [0.4, 0.5) is 5.95 Å². The van der Waals surface area contributed by atoms with Crippen molar-refractivity contribution in [3.8, 4) is 0 Å². The smallest absolute Gasteiger partial charge is 0.240 e. The summed E-state index contributed by atoms with van der Waals surface area (Å²) in [6, 6.07) is 8.35. The van der Waals surface area contributed by atoms with Gasteiger partial charge in [-0.1, -0.05) is 26.0 Å². The van der Waals surface area contributed by atoms with Crippen molar-refractivity contribution in [2.45, 2.75) is 38.8 Å². The summed E-state index contributed by atoms with van der Waals surface area (Å²) in [7, 11) is 2.10. The quantitative estimate of drug-likeness (QED) is 0.687. The summed E-state index contributed by atoms with van der Waals surface area (Å²) in [5.41, 5.74) is 3.84. The molecule has 2 aliphatic heterocycles. The molecule has 0 aliphatic carbocycles. The zero-order chi connectivity index (χ0) is 22.2. The van der Waals surface area contributed by atoms with Crippen LogP contribution in [0.25, 0.3) is 10.9 Å². The molecule has 7 nitrogen and oxygen atoms in total. The van der Waals surface area contributed by atoms with Crippen LogP contribution in [0.2, 0.25) is 0 Å². The molecule has 2 aliphatic rings. The van der Waals surface area contributed by atoms with Crippen molar-refractivity contribution in [1.82, 2.24) is 24.8 Å². The summed E-state index contributed by atoms with van der Waals surface area (Å²) in [4.78, 5) is 26.5. The standard InChI is InChI=1S/C25H32N6O/c1-17(2)14-20-19-6-4-7-22-23(19)18(16-29(22)3)15-21(28-20)24(32)30-10-12-31(13-11-30)25-26-8-5-9-27-25/h4-9,16-17,20-21,28H,10-15H2,1-3H3/t20-,21-/m0/s1. The highest BCUT2D eigenvalue weighted by Gasteiger charge is 2.34. The van der Waals surface area contributed by atoms with Gasteiger partial charge in [0.1, 0.15) is 0 Å². The van der Waals surface area contributed by atoms with Crippen molar-refractivity contribution in [3.05, 3.63) is 54.0 Å². The van der Waals surface area contributed by atoms with E-state index in [1.165, 1.54) is 22.0 Å². The minimum Gasteiger partial charge on any atom is -0.350 e. The first-order valence-electron chi connectivity index (χ1n) is 11.6. The maximum atomic E-state index is 13.7. The van der Waals surface area contributed by atoms with Gasteiger partial charge in [0, 0.05) is 68.8 Å². The van der Waals surface area contributed by atoms with Crippen LogP contribution in [0.15, 0.2) is 42.9 Å². The van der Waals surface area contributed by atoms with Gasteiger partial charge in [-0.3, -0.25) is 10.1 Å². The van der Waals surface area contributed by atoms with E-state index in [1.807, 2.05) is 11.0 Å². The van der Waals surface area contributed by atoms with E-state index >= 15 is 0 Å². The predicted octanol–water partition coefficient (Wildman–Crippen LogP) is 2.92. The third-order valence-corrected chi connectivity index (χ3v) is 6.76. The second kappa shape index (κ2) is 8.54. The average Bonchev–Trinajstić information content (AvgIpc) is 3.04. The minimum atomic E-state index is -0.212. The Morgan fingerprint density at radius 2 is 1.88 bits per heavy atom. The van der Waals surface area contributed by atoms with Crippen LogP contribution in [-0.4, -0.2) is 57.6 Å². The van der Waals surface area contributed by atoms with Gasteiger partial charge in [-0.15, -0.1) is 0 Å². The molecule has 0 saturated carbocycles. The van der Waals surface area contributed by atoms with Crippen LogP contribution >= 0.6 is 0 Å². The van der Waals surface area contributed by atoms with Gasteiger partial charge in [-0.25, -0.2) is 9.97 Å². The zero-order valence-electron chi connectivity index (χ0n) is 19.2. The molecule has 0 radical (unpaired) electrons. The minimum absolute atomic E-state index is 0.176. The molecule has 1 N–H and O–H groups in total. The number of amides is 1. The lowest BCUT2D eigenvalue weighted by Crippen LogP contribution is -2.55. The van der Waals surface area contributed by atoms with Crippen molar-refractivity contribution >= 4 is 22.8 Å². The van der Waals surface area contributed by atoms with E-state index in [1.54, 1.807) is 12.4 Å². The molecular weight excluding hydrogens is 400 g/mol. The molecule has 2 atom stereocenters. The number of carbonyl (C=O) groups is 1. The molecule has 1 saturated heterocycles. The Labute approximate surface area is 189 Å². The van der Waals surface area contributed by atoms with Gasteiger partial charge in [0.2, 0.25) is 11.9 Å². The third-order valence-electron chi connectivity index (χ3n) is 6.76. The summed E-state index contributed by atoms with van der Waals surface area (Å²) in [6.45, 7) is 7.41. The van der Waals surface area contributed by atoms with Gasteiger partial charge in [-0.2, -0.15) is 0 Å². The molecule has 3 aromatic rings. The van der Waals surface area contributed by atoms with Gasteiger partial charge in [0.25, 0.3) is 0 Å². The van der Waals surface area contributed by atoms with E-state index in [9.17, 15) is 4.79 Å². The van der Waals surface area contributed by atoms with Crippen LogP contribution in [-0.2, 0) is 18.3 Å². The maximum Gasteiger partial charge on any atom is 0.240 e. The Bertz CT molecular complexity index is 1100. The lowest BCUT2D eigenvalue weighted by Gasteiger charge is -2.37. The SMILES string of the molecule is CC(C)C[C@@H]1N[C@H](C(=O)N2CCN(c3ncccn3)CC2)Cc2cn(C)c3cccc1c23. The van der Waals surface area contributed by atoms with Crippen molar-refractivity contribution < 1.29 is 4.79 Å². The monoisotopic (exact) mass is 432 g/mol. The topological polar surface area (TPSA) is 66.3 Å². The van der Waals surface area contributed by atoms with Crippen molar-refractivity contribution in [1.29, 1.82) is 0 Å². The Morgan fingerprint density at radius 1 is 1.12 bits per heavy atom. The zero-order valence-corrected chi connectivity index (χ0v) is 19.2. The normalized spacial score (nSPS) is 21.2. The number of anilines is 1. The van der Waals surface area contributed by atoms with E-state index in [0.717, 1.165) is 31.9 Å². The Morgan fingerprint density at radius 3 is 2.59 bits per heavy atom. The fourth-order valence-electron chi connectivity index (χ4n) is 5.25. The highest BCUT2D eigenvalue weighted by atomic mass is 16.2. The van der Waals surface area contributed by atoms with Gasteiger partial charge < -0.3 is 14.4 Å². The number of hydrogen-bond acceptors (Lipinski definition) is 5. The van der Waals surface area contributed by atoms with Crippen LogP contribution in [0.3, 0.4) is 0 Å². The number of piperazine rings is 1. The molecule has 7 heteroatoms. The molecule has 2 aromatic heterocycles. The number of carbonyl (C=O) groups excluding carboxylic acids is 1. The Kier molecular flexibility index (Phi) is 5.59. The summed E-state index contributed by atoms with van der Waals surface area (Å²) in [5, 5.41) is 5.09. The second-order valence-corrected chi connectivity index (χ2v) is 9.47. The molecule has 0 spiro atoms. The first-order valence-corrected chi connectivity index (χ1v) is 11.6. The molecule has 32 heavy (non-hydrogen) atoms. The number of benzene rings is 1. The molecular formula is C25H32N6O. The summed E-state index contributed by atoms with van der Waals surface area (Å²) in [6.07, 6.45) is 7.48. The van der Waals surface area contributed by atoms with Crippen LogP contribution in [0.1, 0.15) is 37.4 Å². The largest absolute Gasteiger partial charge is 0.350 e. The van der Waals surface area contributed by atoms with Gasteiger partial charge >= 0.3 is 0 Å². The lowest BCUT2D eigenvalue weighted by molar-refractivity contribution is -0.134. The highest BCUT2D eigenvalue weighted by Crippen LogP contribution is 2.35. The van der Waals surface area contributed by atoms with Gasteiger partial charge in [0.15, 0.2) is 0 Å². The van der Waals surface area contributed by atoms with E-state index in [-0.39, 0.29) is 18.0 Å². The van der Waals surface area contributed by atoms with E-state index in [2.05, 4.69) is 70.0 Å². The molecule has 0 unspecified atom stereocenters. The average molecular weight is 433 g/mol. The first-order chi connectivity index (χ1) is 15.5. The van der Waals surface area contributed by atoms with Crippen molar-refractivity contribution in [3.63, 3.8) is 0 Å². The molecule has 0 bridgehead atoms. The number of aromatic nitrogens is 3. The summed E-state index contributed by atoms with van der Waals surface area (Å²) >= 11 is 0. The number of aryl methyl sites for hydroxylation is 1. The molecule has 5 rings (SSSR count). The molecule has 1 aromatic carbocycles. The van der Waals surface area contributed by atoms with E-state index in [0.29, 0.717) is 19.0 Å². The molecule has 1 amide bonds. The van der Waals surface area contributed by atoms with E-state index < -0.39 is 0 Å². The fourth-order valence-corrected chi connectivity index (χ4v) is 5.25. The van der Waals surface area contributed by atoms with Crippen LogP contribution < -0.4 is 10.2 Å². The van der Waals surface area contributed by atoms with Gasteiger partial charge in [-0.05, 0) is 42.0 Å². The van der Waals surface area contributed by atoms with Crippen LogP contribution in [0.5, 0.6) is 0 Å². The number of nitrogens with zero attached hydrogens (tertiary/aromatic N) is 5. The summed E-state index contributed by atoms with van der Waals surface area (Å²) < 4.78 is 2.20. The molecule has 168 valence electrons. The molecule has 4 heterocycles. The van der Waals surface area contributed by atoms with Crippen molar-refractivity contribution in [2.24, 2.45) is 13.0 Å². The van der Waals surface area contributed by atoms with Gasteiger partial charge in [0.05, 0.1) is 6.04 Å². The lowest BCUT2D eigenvalue weighted by atomic mass is 9.94. The molecule has 1 fully saturated rings. The second-order valence-electron chi connectivity index (χ2n) is 9.47. The first kappa shape index (κ1) is 20.9. The number of nitrogens with one attached hydrogen (secondary N) is 1. The third kappa shape index (κ3) is 3.86. The number of hydrogen-bond donors (Lipinski definition) is 1. The van der Waals surface area contributed by atoms with E-state index in [4.69, 9.17) is 0 Å². The van der Waals surface area contributed by atoms with Crippen LogP contribution in [0, 0.1) is 5.92 Å². The Balaban J connectivity index is 1.37.